The number of hydrogen-bond donors (Lipinski definition) is 1. The van der Waals surface area contributed by atoms with Crippen LogP contribution in [-0.2, 0) is 9.59 Å². The van der Waals surface area contributed by atoms with E-state index in [0.717, 1.165) is 6.42 Å². The second kappa shape index (κ2) is 5.20. The Kier molecular flexibility index (Phi) is 3.64. The molecule has 0 radical (unpaired) electrons. The highest BCUT2D eigenvalue weighted by Gasteiger charge is 2.30. The van der Waals surface area contributed by atoms with E-state index in [2.05, 4.69) is 5.10 Å². The lowest BCUT2D eigenvalue weighted by Crippen LogP contribution is -2.44. The predicted octanol–water partition coefficient (Wildman–Crippen LogP) is 0.767. The number of aliphatic carboxylic acids is 1. The molecule has 1 amide bonds. The Hall–Kier alpha value is -1.85. The zero-order chi connectivity index (χ0) is 13.1. The van der Waals surface area contributed by atoms with Crippen LogP contribution in [0.5, 0.6) is 0 Å². The first-order valence-electron chi connectivity index (χ1n) is 6.10. The average Bonchev–Trinajstić information content (AvgIpc) is 2.91. The minimum absolute atomic E-state index is 0.0651. The van der Waals surface area contributed by atoms with Gasteiger partial charge in [-0.2, -0.15) is 5.10 Å². The van der Waals surface area contributed by atoms with Crippen LogP contribution in [0.3, 0.4) is 0 Å². The Morgan fingerprint density at radius 3 is 2.89 bits per heavy atom. The fraction of sp³-hybridized carbons (Fsp3) is 0.583. The maximum absolute atomic E-state index is 12.2. The SMILES string of the molecule is CC(C(=O)N1CCCC(C(=O)O)C1)n1cccn1. The highest BCUT2D eigenvalue weighted by molar-refractivity contribution is 5.81. The number of rotatable bonds is 3. The summed E-state index contributed by atoms with van der Waals surface area (Å²) in [4.78, 5) is 24.8. The summed E-state index contributed by atoms with van der Waals surface area (Å²) in [5, 5.41) is 13.0. The van der Waals surface area contributed by atoms with Gasteiger partial charge >= 0.3 is 5.97 Å². The van der Waals surface area contributed by atoms with Crippen molar-refractivity contribution in [3.05, 3.63) is 18.5 Å². The predicted molar refractivity (Wildman–Crippen MR) is 63.9 cm³/mol. The lowest BCUT2D eigenvalue weighted by molar-refractivity contribution is -0.146. The van der Waals surface area contributed by atoms with Crippen LogP contribution >= 0.6 is 0 Å². The monoisotopic (exact) mass is 251 g/mol. The molecule has 18 heavy (non-hydrogen) atoms. The second-order valence-corrected chi connectivity index (χ2v) is 4.62. The van der Waals surface area contributed by atoms with E-state index in [9.17, 15) is 9.59 Å². The molecule has 2 unspecified atom stereocenters. The van der Waals surface area contributed by atoms with Crippen LogP contribution in [0.25, 0.3) is 0 Å². The van der Waals surface area contributed by atoms with E-state index in [1.807, 2.05) is 0 Å². The third-order valence-electron chi connectivity index (χ3n) is 3.36. The number of carboxylic acid groups (broad SMARTS) is 1. The Balaban J connectivity index is 2.02. The number of carboxylic acids is 1. The van der Waals surface area contributed by atoms with E-state index in [1.165, 1.54) is 0 Å². The number of carbonyl (C=O) groups excluding carboxylic acids is 1. The Morgan fingerprint density at radius 1 is 1.50 bits per heavy atom. The number of likely N-dealkylation sites (tertiary alicyclic amines) is 1. The topological polar surface area (TPSA) is 75.4 Å². The highest BCUT2D eigenvalue weighted by atomic mass is 16.4. The fourth-order valence-corrected chi connectivity index (χ4v) is 2.27. The zero-order valence-corrected chi connectivity index (χ0v) is 10.3. The van der Waals surface area contributed by atoms with Gasteiger partial charge in [-0.1, -0.05) is 0 Å². The quantitative estimate of drug-likeness (QED) is 0.860. The summed E-state index contributed by atoms with van der Waals surface area (Å²) in [5.41, 5.74) is 0. The van der Waals surface area contributed by atoms with Crippen LogP contribution in [-0.4, -0.2) is 44.8 Å². The van der Waals surface area contributed by atoms with Gasteiger partial charge in [-0.25, -0.2) is 0 Å². The van der Waals surface area contributed by atoms with Gasteiger partial charge in [-0.05, 0) is 25.8 Å². The number of nitrogens with zero attached hydrogens (tertiary/aromatic N) is 3. The van der Waals surface area contributed by atoms with Crippen molar-refractivity contribution >= 4 is 11.9 Å². The minimum atomic E-state index is -0.820. The van der Waals surface area contributed by atoms with Gasteiger partial charge in [0.05, 0.1) is 5.92 Å². The van der Waals surface area contributed by atoms with Gasteiger partial charge in [0.15, 0.2) is 0 Å². The van der Waals surface area contributed by atoms with E-state index in [-0.39, 0.29) is 11.9 Å². The summed E-state index contributed by atoms with van der Waals surface area (Å²) < 4.78 is 1.59. The molecule has 1 aliphatic rings. The van der Waals surface area contributed by atoms with Crippen molar-refractivity contribution in [3.63, 3.8) is 0 Å². The Labute approximate surface area is 105 Å². The molecule has 0 spiro atoms. The van der Waals surface area contributed by atoms with Gasteiger partial charge in [0.1, 0.15) is 6.04 Å². The smallest absolute Gasteiger partial charge is 0.308 e. The largest absolute Gasteiger partial charge is 0.481 e. The van der Waals surface area contributed by atoms with Crippen molar-refractivity contribution < 1.29 is 14.7 Å². The first-order valence-corrected chi connectivity index (χ1v) is 6.10. The standard InChI is InChI=1S/C12H17N3O3/c1-9(15-7-3-5-13-15)11(16)14-6-2-4-10(8-14)12(17)18/h3,5,7,9-10H,2,4,6,8H2,1H3,(H,17,18). The number of carbonyl (C=O) groups is 2. The molecule has 1 fully saturated rings. The Morgan fingerprint density at radius 2 is 2.28 bits per heavy atom. The molecule has 0 aliphatic carbocycles. The van der Waals surface area contributed by atoms with Crippen LogP contribution in [0, 0.1) is 5.92 Å². The van der Waals surface area contributed by atoms with Crippen molar-refractivity contribution in [1.29, 1.82) is 0 Å². The molecule has 6 nitrogen and oxygen atoms in total. The van der Waals surface area contributed by atoms with E-state index in [1.54, 1.807) is 35.0 Å². The summed E-state index contributed by atoms with van der Waals surface area (Å²) in [6.45, 7) is 2.72. The highest BCUT2D eigenvalue weighted by Crippen LogP contribution is 2.19. The Bertz CT molecular complexity index is 430. The van der Waals surface area contributed by atoms with E-state index >= 15 is 0 Å². The van der Waals surface area contributed by atoms with Crippen molar-refractivity contribution in [2.75, 3.05) is 13.1 Å². The van der Waals surface area contributed by atoms with Gasteiger partial charge < -0.3 is 10.0 Å². The maximum atomic E-state index is 12.2. The molecule has 1 aliphatic heterocycles. The number of hydrogen-bond acceptors (Lipinski definition) is 3. The van der Waals surface area contributed by atoms with Gasteiger partial charge in [0.25, 0.3) is 0 Å². The van der Waals surface area contributed by atoms with Gasteiger partial charge in [0, 0.05) is 25.5 Å². The lowest BCUT2D eigenvalue weighted by Gasteiger charge is -2.32. The average molecular weight is 251 g/mol. The molecule has 2 heterocycles. The molecule has 6 heteroatoms. The van der Waals surface area contributed by atoms with Gasteiger partial charge in [0.2, 0.25) is 5.91 Å². The molecular weight excluding hydrogens is 234 g/mol. The molecule has 1 aromatic rings. The summed E-state index contributed by atoms with van der Waals surface area (Å²) in [6, 6.07) is 1.38. The molecule has 2 rings (SSSR count). The van der Waals surface area contributed by atoms with Crippen LogP contribution in [0.4, 0.5) is 0 Å². The fourth-order valence-electron chi connectivity index (χ4n) is 2.27. The number of amides is 1. The summed E-state index contributed by atoms with van der Waals surface area (Å²) in [6.07, 6.45) is 4.75. The molecule has 0 aromatic carbocycles. The molecule has 98 valence electrons. The van der Waals surface area contributed by atoms with Crippen LogP contribution in [0.2, 0.25) is 0 Å². The van der Waals surface area contributed by atoms with Gasteiger partial charge in [-0.3, -0.25) is 14.3 Å². The van der Waals surface area contributed by atoms with Crippen molar-refractivity contribution in [3.8, 4) is 0 Å². The summed E-state index contributed by atoms with van der Waals surface area (Å²) >= 11 is 0. The van der Waals surface area contributed by atoms with Crippen LogP contribution < -0.4 is 0 Å². The molecule has 1 N–H and O–H groups in total. The summed E-state index contributed by atoms with van der Waals surface area (Å²) in [5.74, 6) is -1.32. The molecular formula is C12H17N3O3. The van der Waals surface area contributed by atoms with Crippen molar-refractivity contribution in [1.82, 2.24) is 14.7 Å². The second-order valence-electron chi connectivity index (χ2n) is 4.62. The number of aromatic nitrogens is 2. The molecule has 0 saturated carbocycles. The molecule has 2 atom stereocenters. The minimum Gasteiger partial charge on any atom is -0.481 e. The van der Waals surface area contributed by atoms with E-state index in [4.69, 9.17) is 5.11 Å². The molecule has 1 aromatic heterocycles. The van der Waals surface area contributed by atoms with Crippen LogP contribution in [0.15, 0.2) is 18.5 Å². The normalized spacial score (nSPS) is 21.6. The lowest BCUT2D eigenvalue weighted by atomic mass is 9.98. The third kappa shape index (κ3) is 2.52. The van der Waals surface area contributed by atoms with Crippen molar-refractivity contribution in [2.45, 2.75) is 25.8 Å². The van der Waals surface area contributed by atoms with E-state index < -0.39 is 11.9 Å². The van der Waals surface area contributed by atoms with Crippen molar-refractivity contribution in [2.24, 2.45) is 5.92 Å². The molecule has 1 saturated heterocycles. The number of piperidine rings is 1. The third-order valence-corrected chi connectivity index (χ3v) is 3.36. The van der Waals surface area contributed by atoms with Gasteiger partial charge in [-0.15, -0.1) is 0 Å². The van der Waals surface area contributed by atoms with Crippen LogP contribution in [0.1, 0.15) is 25.8 Å². The van der Waals surface area contributed by atoms with E-state index in [0.29, 0.717) is 19.5 Å². The first kappa shape index (κ1) is 12.6. The molecule has 0 bridgehead atoms. The summed E-state index contributed by atoms with van der Waals surface area (Å²) in [7, 11) is 0. The first-order chi connectivity index (χ1) is 8.59. The maximum Gasteiger partial charge on any atom is 0.308 e. The zero-order valence-electron chi connectivity index (χ0n) is 10.3.